The highest BCUT2D eigenvalue weighted by molar-refractivity contribution is 7.90. The van der Waals surface area contributed by atoms with Crippen molar-refractivity contribution in [2.24, 2.45) is 5.73 Å². The molecule has 0 heterocycles. The Hall–Kier alpha value is -0.870. The second kappa shape index (κ2) is 5.28. The van der Waals surface area contributed by atoms with Crippen LogP contribution in [0.15, 0.2) is 24.3 Å². The number of hydrogen-bond acceptors (Lipinski definition) is 3. The summed E-state index contributed by atoms with van der Waals surface area (Å²) in [5.41, 5.74) is 7.31. The maximum Gasteiger partial charge on any atom is 0.154 e. The monoisotopic (exact) mass is 227 g/mol. The fraction of sp³-hybridized carbons (Fsp3) is 0.455. The van der Waals surface area contributed by atoms with E-state index >= 15 is 0 Å². The Morgan fingerprint density at radius 2 is 1.67 bits per heavy atom. The Balaban J connectivity index is 2.73. The summed E-state index contributed by atoms with van der Waals surface area (Å²) in [6, 6.07) is 7.40. The van der Waals surface area contributed by atoms with Gasteiger partial charge in [0.05, 0.1) is 11.5 Å². The molecule has 0 unspecified atom stereocenters. The highest BCUT2D eigenvalue weighted by atomic mass is 32.2. The van der Waals surface area contributed by atoms with E-state index in [0.29, 0.717) is 13.0 Å². The third-order valence-corrected chi connectivity index (χ3v) is 3.96. The Labute approximate surface area is 91.2 Å². The van der Waals surface area contributed by atoms with E-state index in [-0.39, 0.29) is 11.5 Å². The number of sulfone groups is 1. The summed E-state index contributed by atoms with van der Waals surface area (Å²) in [4.78, 5) is 0. The van der Waals surface area contributed by atoms with Crippen molar-refractivity contribution in [1.29, 1.82) is 0 Å². The molecule has 0 amide bonds. The van der Waals surface area contributed by atoms with Gasteiger partial charge < -0.3 is 5.73 Å². The largest absolute Gasteiger partial charge is 0.326 e. The molecule has 0 saturated heterocycles. The predicted molar refractivity (Wildman–Crippen MR) is 62.1 cm³/mol. The lowest BCUT2D eigenvalue weighted by Gasteiger charge is -2.03. The fourth-order valence-corrected chi connectivity index (χ4v) is 2.88. The quantitative estimate of drug-likeness (QED) is 0.828. The molecule has 0 spiro atoms. The maximum absolute atomic E-state index is 11.5. The van der Waals surface area contributed by atoms with E-state index < -0.39 is 9.84 Å². The van der Waals surface area contributed by atoms with E-state index in [9.17, 15) is 8.42 Å². The zero-order valence-electron chi connectivity index (χ0n) is 8.94. The van der Waals surface area contributed by atoms with Crippen LogP contribution in [0, 0.1) is 0 Å². The first kappa shape index (κ1) is 12.2. The minimum absolute atomic E-state index is 0.131. The molecule has 0 radical (unpaired) electrons. The molecule has 1 aromatic rings. The molecule has 0 fully saturated rings. The van der Waals surface area contributed by atoms with Gasteiger partial charge in [-0.15, -0.1) is 0 Å². The van der Waals surface area contributed by atoms with Crippen molar-refractivity contribution in [2.75, 3.05) is 5.75 Å². The Morgan fingerprint density at radius 1 is 1.13 bits per heavy atom. The highest BCUT2D eigenvalue weighted by Crippen LogP contribution is 2.09. The Morgan fingerprint density at radius 3 is 2.13 bits per heavy atom. The molecule has 84 valence electrons. The van der Waals surface area contributed by atoms with Gasteiger partial charge >= 0.3 is 0 Å². The van der Waals surface area contributed by atoms with Crippen molar-refractivity contribution in [2.45, 2.75) is 25.6 Å². The Bertz CT molecular complexity index is 395. The minimum atomic E-state index is -2.94. The Kier molecular flexibility index (Phi) is 4.29. The smallest absolute Gasteiger partial charge is 0.154 e. The minimum Gasteiger partial charge on any atom is -0.326 e. The van der Waals surface area contributed by atoms with Gasteiger partial charge in [0.1, 0.15) is 0 Å². The second-order valence-corrected chi connectivity index (χ2v) is 5.80. The first-order chi connectivity index (χ1) is 7.07. The van der Waals surface area contributed by atoms with Crippen LogP contribution in [0.3, 0.4) is 0 Å². The molecule has 2 N–H and O–H groups in total. The summed E-state index contributed by atoms with van der Waals surface area (Å²) < 4.78 is 23.1. The SMILES string of the molecule is CCCS(=O)(=O)Cc1ccc(CN)cc1. The summed E-state index contributed by atoms with van der Waals surface area (Å²) in [5.74, 6) is 0.386. The number of rotatable bonds is 5. The van der Waals surface area contributed by atoms with E-state index in [4.69, 9.17) is 5.73 Å². The van der Waals surface area contributed by atoms with Crippen molar-refractivity contribution in [1.82, 2.24) is 0 Å². The van der Waals surface area contributed by atoms with E-state index in [1.807, 2.05) is 31.2 Å². The van der Waals surface area contributed by atoms with E-state index in [2.05, 4.69) is 0 Å². The van der Waals surface area contributed by atoms with Gasteiger partial charge in [-0.2, -0.15) is 0 Å². The van der Waals surface area contributed by atoms with Crippen LogP contribution < -0.4 is 5.73 Å². The third kappa shape index (κ3) is 4.01. The lowest BCUT2D eigenvalue weighted by atomic mass is 10.1. The van der Waals surface area contributed by atoms with Crippen molar-refractivity contribution in [3.63, 3.8) is 0 Å². The molecule has 0 saturated carbocycles. The van der Waals surface area contributed by atoms with Crippen LogP contribution >= 0.6 is 0 Å². The molecular weight excluding hydrogens is 210 g/mol. The topological polar surface area (TPSA) is 60.2 Å². The molecule has 0 aliphatic heterocycles. The van der Waals surface area contributed by atoms with Gasteiger partial charge in [0, 0.05) is 6.54 Å². The van der Waals surface area contributed by atoms with Crippen molar-refractivity contribution >= 4 is 9.84 Å². The van der Waals surface area contributed by atoms with Gasteiger partial charge in [-0.05, 0) is 17.5 Å². The van der Waals surface area contributed by atoms with Crippen LogP contribution in [0.5, 0.6) is 0 Å². The van der Waals surface area contributed by atoms with E-state index in [0.717, 1.165) is 11.1 Å². The molecule has 0 bridgehead atoms. The average molecular weight is 227 g/mol. The zero-order valence-corrected chi connectivity index (χ0v) is 9.76. The van der Waals surface area contributed by atoms with E-state index in [1.165, 1.54) is 0 Å². The van der Waals surface area contributed by atoms with Gasteiger partial charge in [-0.1, -0.05) is 31.2 Å². The van der Waals surface area contributed by atoms with Crippen LogP contribution in [-0.2, 0) is 22.1 Å². The summed E-state index contributed by atoms with van der Waals surface area (Å²) in [6.07, 6.45) is 0.670. The number of nitrogens with two attached hydrogens (primary N) is 1. The summed E-state index contributed by atoms with van der Waals surface area (Å²) in [5, 5.41) is 0. The number of hydrogen-bond donors (Lipinski definition) is 1. The fourth-order valence-electron chi connectivity index (χ4n) is 1.41. The molecule has 1 aromatic carbocycles. The van der Waals surface area contributed by atoms with Crippen LogP contribution in [0.2, 0.25) is 0 Å². The average Bonchev–Trinajstić information content (AvgIpc) is 2.18. The molecule has 4 heteroatoms. The van der Waals surface area contributed by atoms with Crippen molar-refractivity contribution < 1.29 is 8.42 Å². The summed E-state index contributed by atoms with van der Waals surface area (Å²) >= 11 is 0. The standard InChI is InChI=1S/C11H17NO2S/c1-2-7-15(13,14)9-11-5-3-10(8-12)4-6-11/h3-6H,2,7-9,12H2,1H3. The number of benzene rings is 1. The van der Waals surface area contributed by atoms with Crippen LogP contribution in [0.25, 0.3) is 0 Å². The van der Waals surface area contributed by atoms with Gasteiger partial charge in [-0.3, -0.25) is 0 Å². The van der Waals surface area contributed by atoms with Crippen LogP contribution in [-0.4, -0.2) is 14.2 Å². The molecule has 0 aromatic heterocycles. The third-order valence-electron chi connectivity index (χ3n) is 2.16. The molecular formula is C11H17NO2S. The first-order valence-corrected chi connectivity index (χ1v) is 6.88. The van der Waals surface area contributed by atoms with E-state index in [1.54, 1.807) is 0 Å². The van der Waals surface area contributed by atoms with Gasteiger partial charge in [0.2, 0.25) is 0 Å². The van der Waals surface area contributed by atoms with Crippen molar-refractivity contribution in [3.05, 3.63) is 35.4 Å². The lowest BCUT2D eigenvalue weighted by molar-refractivity contribution is 0.594. The maximum atomic E-state index is 11.5. The second-order valence-electron chi connectivity index (χ2n) is 3.61. The molecule has 0 aliphatic carbocycles. The van der Waals surface area contributed by atoms with Gasteiger partial charge in [0.15, 0.2) is 9.84 Å². The van der Waals surface area contributed by atoms with Crippen LogP contribution in [0.1, 0.15) is 24.5 Å². The van der Waals surface area contributed by atoms with Gasteiger partial charge in [-0.25, -0.2) is 8.42 Å². The first-order valence-electron chi connectivity index (χ1n) is 5.05. The molecule has 3 nitrogen and oxygen atoms in total. The molecule has 15 heavy (non-hydrogen) atoms. The predicted octanol–water partition coefficient (Wildman–Crippen LogP) is 1.47. The molecule has 0 aliphatic rings. The molecule has 0 atom stereocenters. The summed E-state index contributed by atoms with van der Waals surface area (Å²) in [6.45, 7) is 2.36. The lowest BCUT2D eigenvalue weighted by Crippen LogP contribution is -2.08. The highest BCUT2D eigenvalue weighted by Gasteiger charge is 2.09. The van der Waals surface area contributed by atoms with Crippen molar-refractivity contribution in [3.8, 4) is 0 Å². The zero-order chi connectivity index (χ0) is 11.3. The van der Waals surface area contributed by atoms with Crippen LogP contribution in [0.4, 0.5) is 0 Å². The summed E-state index contributed by atoms with van der Waals surface area (Å²) in [7, 11) is -2.94. The normalized spacial score (nSPS) is 11.6. The molecule has 1 rings (SSSR count). The van der Waals surface area contributed by atoms with Gasteiger partial charge in [0.25, 0.3) is 0 Å².